The molecule has 4 N–H and O–H groups in total. The second kappa shape index (κ2) is 10.2. The Bertz CT molecular complexity index is 596. The maximum absolute atomic E-state index is 12.3. The van der Waals surface area contributed by atoms with Crippen LogP contribution in [0.3, 0.4) is 0 Å². The number of carbonyl (C=O) groups excluding carboxylic acids is 2. The summed E-state index contributed by atoms with van der Waals surface area (Å²) in [5.74, 6) is -3.75. The molecule has 1 unspecified atom stereocenters. The van der Waals surface area contributed by atoms with Crippen molar-refractivity contribution in [1.29, 1.82) is 0 Å². The minimum Gasteiger partial charge on any atom is -0.465 e. The Hall–Kier alpha value is -2.21. The van der Waals surface area contributed by atoms with E-state index in [0.717, 1.165) is 14.0 Å². The monoisotopic (exact) mass is 388 g/mol. The van der Waals surface area contributed by atoms with Crippen molar-refractivity contribution >= 4 is 11.9 Å². The predicted molar refractivity (Wildman–Crippen MR) is 89.9 cm³/mol. The topological polar surface area (TPSA) is 186 Å². The minimum atomic E-state index is -2.04. The molecule has 12 nitrogen and oxygen atoms in total. The van der Waals surface area contributed by atoms with Gasteiger partial charge in [0, 0.05) is 24.3 Å². The van der Waals surface area contributed by atoms with E-state index in [-0.39, 0.29) is 13.0 Å². The molecule has 1 aliphatic rings. The fourth-order valence-corrected chi connectivity index (χ4v) is 2.73. The van der Waals surface area contributed by atoms with E-state index in [9.17, 15) is 19.8 Å². The number of aliphatic hydroxyl groups is 2. The van der Waals surface area contributed by atoms with Gasteiger partial charge in [0.15, 0.2) is 6.10 Å². The number of esters is 2. The van der Waals surface area contributed by atoms with Gasteiger partial charge in [-0.3, -0.25) is 4.79 Å². The molecule has 152 valence electrons. The number of hydrogen-bond donors (Lipinski definition) is 3. The SMILES string of the molecule is C=CCO[C@]1(C(=O)OC)C[C@@H](N=[N+]=[N-])[C@@H](N)C([C@H](O)[C@@H](CO)OC(C)=O)O1. The molecule has 0 bridgehead atoms. The number of azide groups is 1. The van der Waals surface area contributed by atoms with Gasteiger partial charge < -0.3 is 34.9 Å². The third-order valence-corrected chi connectivity index (χ3v) is 3.97. The zero-order chi connectivity index (χ0) is 20.6. The lowest BCUT2D eigenvalue weighted by molar-refractivity contribution is -0.296. The summed E-state index contributed by atoms with van der Waals surface area (Å²) in [6.45, 7) is 3.71. The van der Waals surface area contributed by atoms with Crippen LogP contribution < -0.4 is 5.73 Å². The Balaban J connectivity index is 3.30. The van der Waals surface area contributed by atoms with Crippen molar-refractivity contribution in [3.8, 4) is 0 Å². The number of nitrogens with two attached hydrogens (primary N) is 1. The van der Waals surface area contributed by atoms with Crippen LogP contribution in [0.5, 0.6) is 0 Å². The number of hydrogen-bond acceptors (Lipinski definition) is 10. The fourth-order valence-electron chi connectivity index (χ4n) is 2.73. The van der Waals surface area contributed by atoms with Crippen LogP contribution in [0.15, 0.2) is 17.8 Å². The van der Waals surface area contributed by atoms with Gasteiger partial charge in [-0.05, 0) is 5.53 Å². The van der Waals surface area contributed by atoms with E-state index in [1.807, 2.05) is 0 Å². The van der Waals surface area contributed by atoms with Crippen molar-refractivity contribution < 1.29 is 38.7 Å². The summed E-state index contributed by atoms with van der Waals surface area (Å²) in [5.41, 5.74) is 14.8. The van der Waals surface area contributed by atoms with Crippen molar-refractivity contribution in [2.75, 3.05) is 20.3 Å². The summed E-state index contributed by atoms with van der Waals surface area (Å²) < 4.78 is 20.6. The van der Waals surface area contributed by atoms with Crippen LogP contribution in [-0.2, 0) is 28.5 Å². The first-order valence-electron chi connectivity index (χ1n) is 8.03. The Morgan fingerprint density at radius 1 is 1.59 bits per heavy atom. The second-order valence-corrected chi connectivity index (χ2v) is 5.80. The quantitative estimate of drug-likeness (QED) is 0.148. The second-order valence-electron chi connectivity index (χ2n) is 5.80. The molecule has 0 aliphatic carbocycles. The van der Waals surface area contributed by atoms with Crippen molar-refractivity contribution in [1.82, 2.24) is 0 Å². The zero-order valence-electron chi connectivity index (χ0n) is 15.1. The molecule has 1 aliphatic heterocycles. The molecule has 0 aromatic heterocycles. The predicted octanol–water partition coefficient (Wildman–Crippen LogP) is -0.862. The number of carbonyl (C=O) groups is 2. The average molecular weight is 388 g/mol. The van der Waals surface area contributed by atoms with Crippen LogP contribution >= 0.6 is 0 Å². The summed E-state index contributed by atoms with van der Waals surface area (Å²) in [6, 6.07) is -2.12. The number of nitrogens with zero attached hydrogens (tertiary/aromatic N) is 3. The van der Waals surface area contributed by atoms with Gasteiger partial charge in [0.1, 0.15) is 12.2 Å². The largest absolute Gasteiger partial charge is 0.465 e. The highest BCUT2D eigenvalue weighted by Crippen LogP contribution is 2.35. The van der Waals surface area contributed by atoms with Gasteiger partial charge in [0.25, 0.3) is 5.79 Å². The molecular formula is C15H24N4O8. The van der Waals surface area contributed by atoms with Gasteiger partial charge in [-0.25, -0.2) is 4.79 Å². The highest BCUT2D eigenvalue weighted by Gasteiger charge is 2.55. The molecular weight excluding hydrogens is 364 g/mol. The van der Waals surface area contributed by atoms with Crippen molar-refractivity contribution in [3.63, 3.8) is 0 Å². The molecule has 12 heteroatoms. The van der Waals surface area contributed by atoms with Crippen LogP contribution in [0.25, 0.3) is 10.4 Å². The maximum Gasteiger partial charge on any atom is 0.366 e. The van der Waals surface area contributed by atoms with Gasteiger partial charge in [0.2, 0.25) is 0 Å². The summed E-state index contributed by atoms with van der Waals surface area (Å²) in [5, 5.41) is 23.5. The third-order valence-electron chi connectivity index (χ3n) is 3.97. The Kier molecular flexibility index (Phi) is 8.63. The molecule has 0 saturated carbocycles. The first-order valence-corrected chi connectivity index (χ1v) is 8.03. The molecule has 0 amide bonds. The van der Waals surface area contributed by atoms with Crippen LogP contribution in [-0.4, -0.2) is 78.7 Å². The van der Waals surface area contributed by atoms with Crippen LogP contribution in [0, 0.1) is 0 Å². The van der Waals surface area contributed by atoms with Crippen molar-refractivity contribution in [3.05, 3.63) is 23.1 Å². The molecule has 1 fully saturated rings. The highest BCUT2D eigenvalue weighted by atomic mass is 16.7. The summed E-state index contributed by atoms with van der Waals surface area (Å²) in [4.78, 5) is 26.2. The number of rotatable bonds is 9. The van der Waals surface area contributed by atoms with Crippen molar-refractivity contribution in [2.24, 2.45) is 10.8 Å². The van der Waals surface area contributed by atoms with E-state index < -0.39 is 54.7 Å². The number of ether oxygens (including phenoxy) is 4. The summed E-state index contributed by atoms with van der Waals surface area (Å²) in [6.07, 6.45) is -3.36. The first-order chi connectivity index (χ1) is 12.8. The van der Waals surface area contributed by atoms with Gasteiger partial charge in [-0.1, -0.05) is 11.2 Å². The van der Waals surface area contributed by atoms with Crippen LogP contribution in [0.1, 0.15) is 13.3 Å². The van der Waals surface area contributed by atoms with E-state index >= 15 is 0 Å². The minimum absolute atomic E-state index is 0.122. The van der Waals surface area contributed by atoms with Crippen LogP contribution in [0.2, 0.25) is 0 Å². The van der Waals surface area contributed by atoms with E-state index in [2.05, 4.69) is 16.6 Å². The molecule has 1 heterocycles. The Labute approximate surface area is 155 Å². The molecule has 6 atom stereocenters. The molecule has 0 spiro atoms. The van der Waals surface area contributed by atoms with E-state index in [0.29, 0.717) is 0 Å². The summed E-state index contributed by atoms with van der Waals surface area (Å²) in [7, 11) is 1.10. The molecule has 0 radical (unpaired) electrons. The fraction of sp³-hybridized carbons (Fsp3) is 0.733. The van der Waals surface area contributed by atoms with E-state index in [4.69, 9.17) is 30.2 Å². The zero-order valence-corrected chi connectivity index (χ0v) is 15.1. The normalized spacial score (nSPS) is 29.7. The van der Waals surface area contributed by atoms with E-state index in [1.165, 1.54) is 6.08 Å². The van der Waals surface area contributed by atoms with Gasteiger partial charge in [-0.15, -0.1) is 6.58 Å². The van der Waals surface area contributed by atoms with Gasteiger partial charge in [0.05, 0.1) is 26.4 Å². The summed E-state index contributed by atoms with van der Waals surface area (Å²) >= 11 is 0. The lowest BCUT2D eigenvalue weighted by Crippen LogP contribution is -2.66. The molecule has 1 rings (SSSR count). The lowest BCUT2D eigenvalue weighted by atomic mass is 9.88. The molecule has 0 aromatic rings. The number of aliphatic hydroxyl groups excluding tert-OH is 2. The number of methoxy groups -OCH3 is 1. The Morgan fingerprint density at radius 3 is 2.74 bits per heavy atom. The Morgan fingerprint density at radius 2 is 2.26 bits per heavy atom. The molecule has 27 heavy (non-hydrogen) atoms. The smallest absolute Gasteiger partial charge is 0.366 e. The first kappa shape index (κ1) is 22.8. The van der Waals surface area contributed by atoms with Gasteiger partial charge >= 0.3 is 11.9 Å². The lowest BCUT2D eigenvalue weighted by Gasteiger charge is -2.46. The third kappa shape index (κ3) is 5.39. The molecule has 0 aromatic carbocycles. The van der Waals surface area contributed by atoms with Crippen LogP contribution in [0.4, 0.5) is 0 Å². The van der Waals surface area contributed by atoms with Crippen molar-refractivity contribution in [2.45, 2.75) is 49.5 Å². The van der Waals surface area contributed by atoms with E-state index in [1.54, 1.807) is 0 Å². The maximum atomic E-state index is 12.3. The molecule has 1 saturated heterocycles. The van der Waals surface area contributed by atoms with Gasteiger partial charge in [-0.2, -0.15) is 0 Å². The average Bonchev–Trinajstić information content (AvgIpc) is 2.65. The standard InChI is InChI=1S/C15H24N4O8/c1-4-5-25-15(14(23)24-3)6-9(18-19-17)11(16)13(27-15)12(22)10(7-20)26-8(2)21/h4,9-13,20,22H,1,5-7,16H2,2-3H3/t9-,10-,11-,12-,13?,15-/m1/s1. The highest BCUT2D eigenvalue weighted by molar-refractivity contribution is 5.78.